The van der Waals surface area contributed by atoms with Crippen molar-refractivity contribution >= 4 is 39.9 Å². The van der Waals surface area contributed by atoms with E-state index < -0.39 is 11.7 Å². The Bertz CT molecular complexity index is 526. The van der Waals surface area contributed by atoms with Crippen LogP contribution in [0.3, 0.4) is 0 Å². The van der Waals surface area contributed by atoms with E-state index in [2.05, 4.69) is 20.3 Å². The number of anilines is 1. The molecule has 3 rings (SSSR count). The van der Waals surface area contributed by atoms with Gasteiger partial charge in [-0.3, -0.25) is 0 Å². The van der Waals surface area contributed by atoms with Crippen LogP contribution in [0.2, 0.25) is 0 Å². The summed E-state index contributed by atoms with van der Waals surface area (Å²) in [7, 11) is 0. The highest BCUT2D eigenvalue weighted by molar-refractivity contribution is 9.10. The van der Waals surface area contributed by atoms with Crippen molar-refractivity contribution in [3.63, 3.8) is 0 Å². The normalized spacial score (nSPS) is 19.0. The fourth-order valence-corrected chi connectivity index (χ4v) is 3.14. The van der Waals surface area contributed by atoms with Crippen LogP contribution >= 0.6 is 27.9 Å². The number of benzene rings is 1. The molecular weight excluding hydrogens is 329 g/mol. The van der Waals surface area contributed by atoms with Crippen LogP contribution in [0, 0.1) is 0 Å². The van der Waals surface area contributed by atoms with Crippen LogP contribution < -0.4 is 4.90 Å². The zero-order chi connectivity index (χ0) is 12.9. The van der Waals surface area contributed by atoms with Crippen molar-refractivity contribution in [1.82, 2.24) is 0 Å². The second-order valence-corrected chi connectivity index (χ2v) is 5.97. The Balaban J connectivity index is 2.15. The van der Waals surface area contributed by atoms with Gasteiger partial charge in [0.1, 0.15) is 6.34 Å². The van der Waals surface area contributed by atoms with E-state index in [1.165, 1.54) is 0 Å². The van der Waals surface area contributed by atoms with E-state index >= 15 is 0 Å². The summed E-state index contributed by atoms with van der Waals surface area (Å²) in [5, 5.41) is 0. The molecule has 2 aliphatic rings. The van der Waals surface area contributed by atoms with Gasteiger partial charge in [0, 0.05) is 22.5 Å². The van der Waals surface area contributed by atoms with Crippen LogP contribution in [0.5, 0.6) is 0 Å². The van der Waals surface area contributed by atoms with Crippen LogP contribution in [-0.2, 0) is 6.18 Å². The van der Waals surface area contributed by atoms with E-state index in [1.807, 2.05) is 4.90 Å². The Morgan fingerprint density at radius 1 is 1.33 bits per heavy atom. The fourth-order valence-electron chi connectivity index (χ4n) is 1.91. The van der Waals surface area contributed by atoms with Crippen molar-refractivity contribution in [2.45, 2.75) is 30.0 Å². The maximum absolute atomic E-state index is 13.0. The molecular formula is C11H8BrF3N2S. The Morgan fingerprint density at radius 3 is 2.67 bits per heavy atom. The van der Waals surface area contributed by atoms with Crippen molar-refractivity contribution < 1.29 is 13.2 Å². The summed E-state index contributed by atoms with van der Waals surface area (Å²) in [6, 6.07) is 3.13. The zero-order valence-corrected chi connectivity index (χ0v) is 11.4. The lowest BCUT2D eigenvalue weighted by molar-refractivity contribution is -0.139. The average molecular weight is 337 g/mol. The molecule has 1 aliphatic heterocycles. The van der Waals surface area contributed by atoms with E-state index in [0.717, 1.165) is 30.9 Å². The summed E-state index contributed by atoms with van der Waals surface area (Å²) in [6.07, 6.45) is -0.728. The van der Waals surface area contributed by atoms with E-state index in [9.17, 15) is 13.2 Å². The van der Waals surface area contributed by atoms with E-state index in [4.69, 9.17) is 0 Å². The topological polar surface area (TPSA) is 15.6 Å². The number of hydrogen-bond acceptors (Lipinski definition) is 3. The highest BCUT2D eigenvalue weighted by atomic mass is 79.9. The minimum Gasteiger partial charge on any atom is -0.328 e. The van der Waals surface area contributed by atoms with Gasteiger partial charge < -0.3 is 4.90 Å². The second kappa shape index (κ2) is 4.16. The average Bonchev–Trinajstić information content (AvgIpc) is 3.09. The van der Waals surface area contributed by atoms with Gasteiger partial charge in [0.05, 0.1) is 16.1 Å². The van der Waals surface area contributed by atoms with Crippen molar-refractivity contribution in [2.75, 3.05) is 4.90 Å². The minimum absolute atomic E-state index is 0.195. The molecule has 1 aliphatic carbocycles. The van der Waals surface area contributed by atoms with Gasteiger partial charge >= 0.3 is 6.18 Å². The molecule has 0 spiro atoms. The molecule has 0 bridgehead atoms. The predicted octanol–water partition coefficient (Wildman–Crippen LogP) is 4.49. The fraction of sp³-hybridized carbons (Fsp3) is 0.364. The first kappa shape index (κ1) is 12.3. The van der Waals surface area contributed by atoms with Gasteiger partial charge in [-0.2, -0.15) is 13.2 Å². The molecule has 96 valence electrons. The lowest BCUT2D eigenvalue weighted by Crippen LogP contribution is -2.26. The summed E-state index contributed by atoms with van der Waals surface area (Å²) in [4.78, 5) is 2.03. The van der Waals surface area contributed by atoms with Gasteiger partial charge in [-0.25, -0.2) is 4.40 Å². The summed E-state index contributed by atoms with van der Waals surface area (Å²) >= 11 is 4.04. The third-order valence-electron chi connectivity index (χ3n) is 2.87. The van der Waals surface area contributed by atoms with Crippen LogP contribution in [0.15, 0.2) is 25.9 Å². The van der Waals surface area contributed by atoms with Gasteiger partial charge in [-0.1, -0.05) is 15.9 Å². The molecule has 0 N–H and O–H groups in total. The number of alkyl halides is 3. The maximum atomic E-state index is 13.0. The first-order valence-electron chi connectivity index (χ1n) is 5.36. The lowest BCUT2D eigenvalue weighted by Gasteiger charge is -2.27. The predicted molar refractivity (Wildman–Crippen MR) is 69.0 cm³/mol. The first-order valence-corrected chi connectivity index (χ1v) is 6.93. The summed E-state index contributed by atoms with van der Waals surface area (Å²) in [5.41, 5.74) is -0.0291. The van der Waals surface area contributed by atoms with E-state index in [1.54, 1.807) is 12.4 Å². The Kier molecular flexibility index (Phi) is 2.85. The molecule has 0 radical (unpaired) electrons. The number of hydrogen-bond donors (Lipinski definition) is 0. The summed E-state index contributed by atoms with van der Waals surface area (Å²) < 4.78 is 43.4. The summed E-state index contributed by atoms with van der Waals surface area (Å²) in [6.45, 7) is 0. The first-order chi connectivity index (χ1) is 8.47. The molecule has 1 aromatic rings. The van der Waals surface area contributed by atoms with E-state index in [0.29, 0.717) is 16.2 Å². The monoisotopic (exact) mass is 336 g/mol. The van der Waals surface area contributed by atoms with Crippen LogP contribution in [0.1, 0.15) is 18.4 Å². The van der Waals surface area contributed by atoms with Crippen molar-refractivity contribution in [3.8, 4) is 0 Å². The lowest BCUT2D eigenvalue weighted by atomic mass is 10.1. The smallest absolute Gasteiger partial charge is 0.328 e. The zero-order valence-electron chi connectivity index (χ0n) is 9.04. The minimum atomic E-state index is -4.36. The van der Waals surface area contributed by atoms with Gasteiger partial charge in [0.15, 0.2) is 0 Å². The molecule has 1 fully saturated rings. The largest absolute Gasteiger partial charge is 0.417 e. The third-order valence-corrected chi connectivity index (χ3v) is 4.14. The Morgan fingerprint density at radius 2 is 2.06 bits per heavy atom. The molecule has 7 heteroatoms. The molecule has 18 heavy (non-hydrogen) atoms. The third kappa shape index (κ3) is 2.14. The van der Waals surface area contributed by atoms with Crippen molar-refractivity contribution in [2.24, 2.45) is 4.40 Å². The molecule has 1 aromatic carbocycles. The molecule has 0 atom stereocenters. The number of rotatable bonds is 1. The number of halogens is 4. The van der Waals surface area contributed by atoms with Crippen LogP contribution in [0.25, 0.3) is 0 Å². The molecule has 2 nitrogen and oxygen atoms in total. The highest BCUT2D eigenvalue weighted by Gasteiger charge is 2.39. The summed E-state index contributed by atoms with van der Waals surface area (Å²) in [5.74, 6) is 0. The molecule has 0 aromatic heterocycles. The quantitative estimate of drug-likeness (QED) is 0.702. The van der Waals surface area contributed by atoms with Crippen molar-refractivity contribution in [3.05, 3.63) is 22.2 Å². The van der Waals surface area contributed by atoms with Gasteiger partial charge in [0.25, 0.3) is 0 Å². The molecule has 1 heterocycles. The number of nitrogens with zero attached hydrogens (tertiary/aromatic N) is 2. The van der Waals surface area contributed by atoms with Gasteiger partial charge in [0.2, 0.25) is 0 Å². The van der Waals surface area contributed by atoms with Gasteiger partial charge in [-0.15, -0.1) is 0 Å². The Labute approximate surface area is 115 Å². The van der Waals surface area contributed by atoms with Crippen molar-refractivity contribution in [1.29, 1.82) is 0 Å². The SMILES string of the molecule is FC(F)(F)c1cc(Br)cc2c1SN=CN2C1CC1. The molecule has 1 saturated carbocycles. The van der Waals surface area contributed by atoms with Crippen LogP contribution in [0.4, 0.5) is 18.9 Å². The van der Waals surface area contributed by atoms with Gasteiger partial charge in [-0.05, 0) is 25.0 Å². The molecule has 0 unspecified atom stereocenters. The Hall–Kier alpha value is -0.690. The standard InChI is InChI=1S/C11H8BrF3N2S/c12-6-3-8(11(13,14)15)10-9(4-6)17(5-16-18-10)7-1-2-7/h3-5,7H,1-2H2. The maximum Gasteiger partial charge on any atom is 0.417 e. The highest BCUT2D eigenvalue weighted by Crippen LogP contribution is 2.47. The number of fused-ring (bicyclic) bond motifs is 1. The second-order valence-electron chi connectivity index (χ2n) is 4.25. The molecule has 0 saturated heterocycles. The molecule has 0 amide bonds. The van der Waals surface area contributed by atoms with E-state index in [-0.39, 0.29) is 4.90 Å². The van der Waals surface area contributed by atoms with Crippen LogP contribution in [-0.4, -0.2) is 12.4 Å².